The third-order valence-corrected chi connectivity index (χ3v) is 4.25. The molecule has 0 aliphatic rings. The van der Waals surface area contributed by atoms with Crippen molar-refractivity contribution < 1.29 is 29.4 Å². The minimum atomic E-state index is -3.62. The molecule has 1 amide bonds. The Morgan fingerprint density at radius 2 is 2.24 bits per heavy atom. The summed E-state index contributed by atoms with van der Waals surface area (Å²) in [5.74, 6) is -2.93. The lowest BCUT2D eigenvalue weighted by molar-refractivity contribution is -0.137. The predicted octanol–water partition coefficient (Wildman–Crippen LogP) is -0.121. The first kappa shape index (κ1) is 17.3. The van der Waals surface area contributed by atoms with Gasteiger partial charge in [-0.15, -0.1) is 0 Å². The molecule has 0 saturated carbocycles. The SMILES string of the molecule is CP(=O)(O)C(CCC(=O)O)NCN(O)C(=O)c1cnc[nH]1. The zero-order valence-corrected chi connectivity index (χ0v) is 12.2. The lowest BCUT2D eigenvalue weighted by Gasteiger charge is -2.23. The summed E-state index contributed by atoms with van der Waals surface area (Å²) >= 11 is 0. The van der Waals surface area contributed by atoms with E-state index in [4.69, 9.17) is 5.11 Å². The van der Waals surface area contributed by atoms with Crippen LogP contribution >= 0.6 is 7.37 Å². The van der Waals surface area contributed by atoms with Gasteiger partial charge in [-0.05, 0) is 6.42 Å². The van der Waals surface area contributed by atoms with Crippen LogP contribution < -0.4 is 5.32 Å². The molecule has 0 fully saturated rings. The number of carbonyl (C=O) groups is 2. The number of aromatic nitrogens is 2. The first-order valence-corrected chi connectivity index (χ1v) is 8.13. The van der Waals surface area contributed by atoms with Crippen LogP contribution in [0.3, 0.4) is 0 Å². The minimum Gasteiger partial charge on any atom is -0.481 e. The molecule has 0 aliphatic carbocycles. The van der Waals surface area contributed by atoms with Gasteiger partial charge >= 0.3 is 5.97 Å². The van der Waals surface area contributed by atoms with E-state index in [1.54, 1.807) is 0 Å². The van der Waals surface area contributed by atoms with Crippen LogP contribution in [0.2, 0.25) is 0 Å². The van der Waals surface area contributed by atoms with E-state index in [0.717, 1.165) is 6.66 Å². The van der Waals surface area contributed by atoms with Gasteiger partial charge in [-0.3, -0.25) is 24.7 Å². The van der Waals surface area contributed by atoms with Gasteiger partial charge in [-0.2, -0.15) is 0 Å². The number of hydrogen-bond donors (Lipinski definition) is 5. The number of amides is 1. The largest absolute Gasteiger partial charge is 0.481 e. The first-order chi connectivity index (χ1) is 9.71. The molecule has 1 aromatic rings. The molecule has 2 atom stereocenters. The topological polar surface area (TPSA) is 156 Å². The maximum absolute atomic E-state index is 11.7. The fourth-order valence-electron chi connectivity index (χ4n) is 1.55. The fraction of sp³-hybridized carbons (Fsp3) is 0.500. The standard InChI is InChI=1S/C10H17N4O6P/c1-21(19,20)8(2-3-9(15)16)13-6-14(18)10(17)7-4-11-5-12-7/h4-5,8,13,18H,2-3,6H2,1H3,(H,11,12)(H,15,16)(H,19,20). The van der Waals surface area contributed by atoms with Crippen LogP contribution in [0.4, 0.5) is 0 Å². The van der Waals surface area contributed by atoms with Crippen molar-refractivity contribution in [1.29, 1.82) is 0 Å². The summed E-state index contributed by atoms with van der Waals surface area (Å²) < 4.78 is 11.6. The zero-order valence-electron chi connectivity index (χ0n) is 11.3. The maximum atomic E-state index is 11.7. The van der Waals surface area contributed by atoms with Gasteiger partial charge in [0.2, 0.25) is 7.37 Å². The van der Waals surface area contributed by atoms with Gasteiger partial charge in [0.05, 0.1) is 25.0 Å². The van der Waals surface area contributed by atoms with Crippen molar-refractivity contribution in [3.63, 3.8) is 0 Å². The molecule has 118 valence electrons. The minimum absolute atomic E-state index is 0.0464. The van der Waals surface area contributed by atoms with E-state index in [-0.39, 0.29) is 18.5 Å². The monoisotopic (exact) mass is 320 g/mol. The molecule has 1 aromatic heterocycles. The molecule has 10 nitrogen and oxygen atoms in total. The molecular formula is C10H17N4O6P. The van der Waals surface area contributed by atoms with E-state index < -0.39 is 31.7 Å². The van der Waals surface area contributed by atoms with Gasteiger partial charge in [0.25, 0.3) is 5.91 Å². The lowest BCUT2D eigenvalue weighted by Crippen LogP contribution is -2.41. The predicted molar refractivity (Wildman–Crippen MR) is 71.0 cm³/mol. The van der Waals surface area contributed by atoms with Crippen molar-refractivity contribution in [1.82, 2.24) is 20.3 Å². The summed E-state index contributed by atoms with van der Waals surface area (Å²) in [5.41, 5.74) is 0.0464. The molecule has 11 heteroatoms. The average Bonchev–Trinajstić information content (AvgIpc) is 2.89. The highest BCUT2D eigenvalue weighted by Crippen LogP contribution is 2.42. The lowest BCUT2D eigenvalue weighted by atomic mass is 10.3. The molecule has 0 saturated heterocycles. The number of rotatable bonds is 8. The Balaban J connectivity index is 2.58. The Morgan fingerprint density at radius 3 is 2.71 bits per heavy atom. The van der Waals surface area contributed by atoms with Crippen LogP contribution in [0.1, 0.15) is 23.3 Å². The second-order valence-electron chi connectivity index (χ2n) is 4.42. The summed E-state index contributed by atoms with van der Waals surface area (Å²) in [5, 5.41) is 21.0. The van der Waals surface area contributed by atoms with E-state index in [0.29, 0.717) is 5.06 Å². The summed E-state index contributed by atoms with van der Waals surface area (Å²) in [7, 11) is -3.62. The number of carboxylic acid groups (broad SMARTS) is 1. The van der Waals surface area contributed by atoms with Crippen molar-refractivity contribution in [3.8, 4) is 0 Å². The maximum Gasteiger partial charge on any atom is 0.303 e. The van der Waals surface area contributed by atoms with E-state index in [1.165, 1.54) is 12.5 Å². The number of hydrogen-bond acceptors (Lipinski definition) is 6. The van der Waals surface area contributed by atoms with Crippen LogP contribution in [-0.4, -0.2) is 61.2 Å². The number of hydroxylamine groups is 2. The third kappa shape index (κ3) is 5.64. The van der Waals surface area contributed by atoms with E-state index in [2.05, 4.69) is 15.3 Å². The zero-order chi connectivity index (χ0) is 16.0. The van der Waals surface area contributed by atoms with E-state index in [9.17, 15) is 24.3 Å². The van der Waals surface area contributed by atoms with Crippen LogP contribution in [0.25, 0.3) is 0 Å². The van der Waals surface area contributed by atoms with Gasteiger partial charge in [0, 0.05) is 13.1 Å². The van der Waals surface area contributed by atoms with Gasteiger partial charge in [-0.25, -0.2) is 10.0 Å². The number of nitrogens with zero attached hydrogens (tertiary/aromatic N) is 2. The number of aliphatic carboxylic acids is 1. The molecule has 5 N–H and O–H groups in total. The molecule has 0 aliphatic heterocycles. The van der Waals surface area contributed by atoms with Gasteiger partial charge < -0.3 is 15.0 Å². The van der Waals surface area contributed by atoms with E-state index in [1.807, 2.05) is 0 Å². The molecule has 0 aromatic carbocycles. The van der Waals surface area contributed by atoms with E-state index >= 15 is 0 Å². The second-order valence-corrected chi connectivity index (χ2v) is 6.93. The Morgan fingerprint density at radius 1 is 1.57 bits per heavy atom. The second kappa shape index (κ2) is 7.32. The van der Waals surface area contributed by atoms with Crippen molar-refractivity contribution >= 4 is 19.2 Å². The summed E-state index contributed by atoms with van der Waals surface area (Å²) in [6, 6.07) is 0. The number of imidazole rings is 1. The molecule has 21 heavy (non-hydrogen) atoms. The summed E-state index contributed by atoms with van der Waals surface area (Å²) in [6.45, 7) is 0.644. The van der Waals surface area contributed by atoms with Crippen molar-refractivity contribution in [2.75, 3.05) is 13.3 Å². The van der Waals surface area contributed by atoms with Crippen LogP contribution in [0.15, 0.2) is 12.5 Å². The number of nitrogens with one attached hydrogen (secondary N) is 2. The van der Waals surface area contributed by atoms with Crippen LogP contribution in [-0.2, 0) is 9.36 Å². The van der Waals surface area contributed by atoms with Crippen LogP contribution in [0, 0.1) is 0 Å². The molecule has 0 spiro atoms. The number of carbonyl (C=O) groups excluding carboxylic acids is 1. The number of carboxylic acids is 1. The van der Waals surface area contributed by atoms with Crippen LogP contribution in [0.5, 0.6) is 0 Å². The summed E-state index contributed by atoms with van der Waals surface area (Å²) in [6.07, 6.45) is 2.06. The van der Waals surface area contributed by atoms with Crippen molar-refractivity contribution in [3.05, 3.63) is 18.2 Å². The highest BCUT2D eigenvalue weighted by molar-refractivity contribution is 7.57. The van der Waals surface area contributed by atoms with Gasteiger partial charge in [0.15, 0.2) is 0 Å². The highest BCUT2D eigenvalue weighted by Gasteiger charge is 2.27. The third-order valence-electron chi connectivity index (χ3n) is 2.65. The molecule has 0 radical (unpaired) electrons. The van der Waals surface area contributed by atoms with Gasteiger partial charge in [0.1, 0.15) is 5.69 Å². The normalized spacial score (nSPS) is 15.2. The smallest absolute Gasteiger partial charge is 0.303 e. The van der Waals surface area contributed by atoms with Gasteiger partial charge in [-0.1, -0.05) is 0 Å². The number of aromatic amines is 1. The molecule has 0 bridgehead atoms. The Labute approximate surface area is 120 Å². The first-order valence-electron chi connectivity index (χ1n) is 5.96. The fourth-order valence-corrected chi connectivity index (χ4v) is 2.58. The Hall–Kier alpha value is -1.74. The number of H-pyrrole nitrogens is 1. The highest BCUT2D eigenvalue weighted by atomic mass is 31.2. The average molecular weight is 320 g/mol. The molecule has 2 unspecified atom stereocenters. The summed E-state index contributed by atoms with van der Waals surface area (Å²) in [4.78, 5) is 37.8. The molecule has 1 rings (SSSR count). The quantitative estimate of drug-likeness (QED) is 0.192. The van der Waals surface area contributed by atoms with Crippen molar-refractivity contribution in [2.24, 2.45) is 0 Å². The Bertz CT molecular complexity index is 528. The molecule has 1 heterocycles. The van der Waals surface area contributed by atoms with Crippen molar-refractivity contribution in [2.45, 2.75) is 18.6 Å². The molecular weight excluding hydrogens is 303 g/mol. The Kier molecular flexibility index (Phi) is 6.03.